The van der Waals surface area contributed by atoms with Gasteiger partial charge in [0, 0.05) is 11.6 Å². The quantitative estimate of drug-likeness (QED) is 0.795. The van der Waals surface area contributed by atoms with Crippen LogP contribution in [0.25, 0.3) is 6.08 Å². The van der Waals surface area contributed by atoms with Crippen molar-refractivity contribution < 1.29 is 15.0 Å². The molecule has 92 valence electrons. The summed E-state index contributed by atoms with van der Waals surface area (Å²) in [6, 6.07) is 13.2. The summed E-state index contributed by atoms with van der Waals surface area (Å²) in [5.41, 5.74) is 1.58. The maximum absolute atomic E-state index is 10.3. The van der Waals surface area contributed by atoms with E-state index in [9.17, 15) is 4.79 Å². The molecule has 0 bridgehead atoms. The van der Waals surface area contributed by atoms with Crippen molar-refractivity contribution in [1.29, 1.82) is 0 Å². The first-order chi connectivity index (χ1) is 8.67. The minimum Gasteiger partial charge on any atom is -0.508 e. The highest BCUT2D eigenvalue weighted by Crippen LogP contribution is 2.14. The lowest BCUT2D eigenvalue weighted by atomic mass is 10.1. The van der Waals surface area contributed by atoms with Crippen LogP contribution in [0, 0.1) is 0 Å². The van der Waals surface area contributed by atoms with E-state index in [1.54, 1.807) is 18.2 Å². The number of phenols is 2. The van der Waals surface area contributed by atoms with E-state index >= 15 is 0 Å². The first-order valence-electron chi connectivity index (χ1n) is 5.32. The number of carbonyl (C=O) groups is 1. The van der Waals surface area contributed by atoms with Gasteiger partial charge in [-0.1, -0.05) is 43.0 Å². The predicted molar refractivity (Wildman–Crippen MR) is 71.7 cm³/mol. The van der Waals surface area contributed by atoms with Gasteiger partial charge in [0.05, 0.1) is 0 Å². The predicted octanol–water partition coefficient (Wildman–Crippen LogP) is 3.24. The lowest BCUT2D eigenvalue weighted by Crippen LogP contribution is -1.82. The molecule has 0 unspecified atom stereocenters. The number of hydrogen-bond acceptors (Lipinski definition) is 3. The highest BCUT2D eigenvalue weighted by Gasteiger charge is 1.92. The Morgan fingerprint density at radius 3 is 1.78 bits per heavy atom. The Morgan fingerprint density at radius 1 is 0.889 bits per heavy atom. The lowest BCUT2D eigenvalue weighted by molar-refractivity contribution is 0.112. The van der Waals surface area contributed by atoms with E-state index in [0.29, 0.717) is 5.56 Å². The number of phenolic OH excluding ortho intramolecular Hbond substituents is 2. The third kappa shape index (κ3) is 4.14. The van der Waals surface area contributed by atoms with Gasteiger partial charge < -0.3 is 10.2 Å². The molecule has 0 fully saturated rings. The zero-order valence-corrected chi connectivity index (χ0v) is 9.78. The number of rotatable bonds is 2. The van der Waals surface area contributed by atoms with E-state index in [-0.39, 0.29) is 11.5 Å². The number of hydrogen-bond donors (Lipinski definition) is 2. The molecule has 0 aliphatic heterocycles. The van der Waals surface area contributed by atoms with Gasteiger partial charge in [0.1, 0.15) is 11.5 Å². The molecule has 0 aliphatic rings. The Hall–Kier alpha value is -2.55. The highest BCUT2D eigenvalue weighted by atomic mass is 16.3. The second kappa shape index (κ2) is 6.91. The van der Waals surface area contributed by atoms with Crippen LogP contribution in [-0.4, -0.2) is 16.5 Å². The summed E-state index contributed by atoms with van der Waals surface area (Å²) in [6.45, 7) is 3.58. The van der Waals surface area contributed by atoms with Crippen LogP contribution in [0.15, 0.2) is 55.1 Å². The van der Waals surface area contributed by atoms with Crippen molar-refractivity contribution in [2.45, 2.75) is 0 Å². The Balaban J connectivity index is 0.000000184. The average Bonchev–Trinajstić information content (AvgIpc) is 2.39. The average molecular weight is 242 g/mol. The van der Waals surface area contributed by atoms with Gasteiger partial charge in [-0.3, -0.25) is 4.79 Å². The molecule has 2 rings (SSSR count). The molecule has 2 N–H and O–H groups in total. The van der Waals surface area contributed by atoms with Crippen LogP contribution < -0.4 is 0 Å². The third-order valence-corrected chi connectivity index (χ3v) is 2.17. The van der Waals surface area contributed by atoms with Gasteiger partial charge in [0.2, 0.25) is 0 Å². The topological polar surface area (TPSA) is 57.5 Å². The third-order valence-electron chi connectivity index (χ3n) is 2.17. The molecule has 0 saturated carbocycles. The SMILES string of the molecule is C=Cc1ccccc1C=O.Oc1cccc(O)c1. The van der Waals surface area contributed by atoms with E-state index in [2.05, 4.69) is 6.58 Å². The van der Waals surface area contributed by atoms with Crippen LogP contribution >= 0.6 is 0 Å². The number of aromatic hydroxyl groups is 2. The molecule has 2 aromatic carbocycles. The van der Waals surface area contributed by atoms with E-state index < -0.39 is 0 Å². The van der Waals surface area contributed by atoms with Crippen molar-refractivity contribution >= 4 is 12.4 Å². The van der Waals surface area contributed by atoms with E-state index in [1.165, 1.54) is 18.2 Å². The first-order valence-corrected chi connectivity index (χ1v) is 5.32. The summed E-state index contributed by atoms with van der Waals surface area (Å²) >= 11 is 0. The van der Waals surface area contributed by atoms with Crippen molar-refractivity contribution in [3.8, 4) is 11.5 Å². The zero-order chi connectivity index (χ0) is 13.4. The van der Waals surface area contributed by atoms with E-state index in [1.807, 2.05) is 18.2 Å². The molecule has 0 atom stereocenters. The van der Waals surface area contributed by atoms with Gasteiger partial charge in [-0.25, -0.2) is 0 Å². The Kier molecular flexibility index (Phi) is 5.19. The zero-order valence-electron chi connectivity index (χ0n) is 9.78. The molecule has 3 heteroatoms. The molecule has 18 heavy (non-hydrogen) atoms. The van der Waals surface area contributed by atoms with Crippen LogP contribution in [0.3, 0.4) is 0 Å². The summed E-state index contributed by atoms with van der Waals surface area (Å²) < 4.78 is 0. The number of aldehydes is 1. The summed E-state index contributed by atoms with van der Waals surface area (Å²) in [6.07, 6.45) is 2.50. The van der Waals surface area contributed by atoms with Crippen molar-refractivity contribution in [1.82, 2.24) is 0 Å². The summed E-state index contributed by atoms with van der Waals surface area (Å²) in [4.78, 5) is 10.3. The van der Waals surface area contributed by atoms with Gasteiger partial charge in [0.25, 0.3) is 0 Å². The van der Waals surface area contributed by atoms with Crippen LogP contribution in [0.2, 0.25) is 0 Å². The van der Waals surface area contributed by atoms with E-state index in [4.69, 9.17) is 10.2 Å². The molecule has 0 amide bonds. The van der Waals surface area contributed by atoms with E-state index in [0.717, 1.165) is 11.8 Å². The summed E-state index contributed by atoms with van der Waals surface area (Å²) in [7, 11) is 0. The lowest BCUT2D eigenvalue weighted by Gasteiger charge is -1.94. The fourth-order valence-electron chi connectivity index (χ4n) is 1.30. The molecule has 3 nitrogen and oxygen atoms in total. The maximum atomic E-state index is 10.3. The molecule has 0 spiro atoms. The van der Waals surface area contributed by atoms with Crippen molar-refractivity contribution in [3.63, 3.8) is 0 Å². The van der Waals surface area contributed by atoms with Gasteiger partial charge >= 0.3 is 0 Å². The maximum Gasteiger partial charge on any atom is 0.150 e. The largest absolute Gasteiger partial charge is 0.508 e. The molecular formula is C15H14O3. The Bertz CT molecular complexity index is 489. The highest BCUT2D eigenvalue weighted by molar-refractivity contribution is 5.81. The van der Waals surface area contributed by atoms with Gasteiger partial charge in [-0.2, -0.15) is 0 Å². The summed E-state index contributed by atoms with van der Waals surface area (Å²) in [5, 5.41) is 17.3. The van der Waals surface area contributed by atoms with Crippen LogP contribution in [0.1, 0.15) is 15.9 Å². The van der Waals surface area contributed by atoms with Crippen LogP contribution in [-0.2, 0) is 0 Å². The van der Waals surface area contributed by atoms with Crippen LogP contribution in [0.5, 0.6) is 11.5 Å². The second-order valence-electron chi connectivity index (χ2n) is 3.47. The molecule has 0 heterocycles. The molecule has 0 aliphatic carbocycles. The smallest absolute Gasteiger partial charge is 0.150 e. The standard InChI is InChI=1S/C9H8O.C6H6O2/c1-2-8-5-3-4-6-9(8)7-10;7-5-2-1-3-6(8)4-5/h2-7H,1H2;1-4,7-8H. The molecular weight excluding hydrogens is 228 g/mol. The first kappa shape index (κ1) is 13.5. The fraction of sp³-hybridized carbons (Fsp3) is 0. The second-order valence-corrected chi connectivity index (χ2v) is 3.47. The van der Waals surface area contributed by atoms with Crippen molar-refractivity contribution in [3.05, 3.63) is 66.2 Å². The molecule has 2 aromatic rings. The minimum absolute atomic E-state index is 0.0880. The molecule has 0 saturated heterocycles. The van der Waals surface area contributed by atoms with Gasteiger partial charge in [-0.15, -0.1) is 0 Å². The Morgan fingerprint density at radius 2 is 1.44 bits per heavy atom. The van der Waals surface area contributed by atoms with Gasteiger partial charge in [0.15, 0.2) is 6.29 Å². The Labute approximate surface area is 106 Å². The van der Waals surface area contributed by atoms with Crippen molar-refractivity contribution in [2.24, 2.45) is 0 Å². The molecule has 0 aromatic heterocycles. The molecule has 0 radical (unpaired) electrons. The monoisotopic (exact) mass is 242 g/mol. The van der Waals surface area contributed by atoms with Crippen molar-refractivity contribution in [2.75, 3.05) is 0 Å². The summed E-state index contributed by atoms with van der Waals surface area (Å²) in [5.74, 6) is 0.176. The van der Waals surface area contributed by atoms with Gasteiger partial charge in [-0.05, 0) is 17.7 Å². The normalized spacial score (nSPS) is 8.89. The fourth-order valence-corrected chi connectivity index (χ4v) is 1.30. The van der Waals surface area contributed by atoms with Crippen LogP contribution in [0.4, 0.5) is 0 Å². The minimum atomic E-state index is 0.0880. The number of benzene rings is 2. The number of carbonyl (C=O) groups excluding carboxylic acids is 1.